The smallest absolute Gasteiger partial charge is 0.267 e. The number of methoxy groups -OCH3 is 1. The van der Waals surface area contributed by atoms with Crippen LogP contribution in [0, 0.1) is 0 Å². The SMILES string of the molecule is COc1ccc(CCNC(=O)c2cc3cc(N)ccc3[nH]2)cc1. The second-order valence-corrected chi connectivity index (χ2v) is 5.38. The van der Waals surface area contributed by atoms with Gasteiger partial charge in [0.15, 0.2) is 0 Å². The quantitative estimate of drug-likeness (QED) is 0.634. The highest BCUT2D eigenvalue weighted by Gasteiger charge is 2.09. The number of H-pyrrole nitrogens is 1. The molecule has 23 heavy (non-hydrogen) atoms. The molecule has 3 aromatic rings. The molecule has 4 N–H and O–H groups in total. The van der Waals surface area contributed by atoms with Crippen LogP contribution in [0.3, 0.4) is 0 Å². The first-order valence-corrected chi connectivity index (χ1v) is 7.45. The molecule has 3 rings (SSSR count). The Morgan fingerprint density at radius 3 is 2.70 bits per heavy atom. The van der Waals surface area contributed by atoms with Crippen molar-refractivity contribution in [2.45, 2.75) is 6.42 Å². The minimum atomic E-state index is -0.117. The van der Waals surface area contributed by atoms with Gasteiger partial charge in [0.25, 0.3) is 5.91 Å². The third-order valence-electron chi connectivity index (χ3n) is 3.75. The van der Waals surface area contributed by atoms with Gasteiger partial charge in [-0.2, -0.15) is 0 Å². The van der Waals surface area contributed by atoms with E-state index in [1.54, 1.807) is 7.11 Å². The van der Waals surface area contributed by atoms with E-state index in [-0.39, 0.29) is 5.91 Å². The van der Waals surface area contributed by atoms with Gasteiger partial charge in [-0.15, -0.1) is 0 Å². The van der Waals surface area contributed by atoms with E-state index >= 15 is 0 Å². The first-order valence-electron chi connectivity index (χ1n) is 7.45. The summed E-state index contributed by atoms with van der Waals surface area (Å²) in [6, 6.07) is 15.2. The van der Waals surface area contributed by atoms with Crippen molar-refractivity contribution in [3.05, 3.63) is 59.8 Å². The van der Waals surface area contributed by atoms with Crippen LogP contribution in [0.25, 0.3) is 10.9 Å². The summed E-state index contributed by atoms with van der Waals surface area (Å²) in [6.45, 7) is 0.572. The van der Waals surface area contributed by atoms with Crippen LogP contribution in [0.1, 0.15) is 16.1 Å². The topological polar surface area (TPSA) is 80.1 Å². The van der Waals surface area contributed by atoms with Crippen molar-refractivity contribution in [3.63, 3.8) is 0 Å². The number of rotatable bonds is 5. The number of nitrogens with one attached hydrogen (secondary N) is 2. The van der Waals surface area contributed by atoms with Crippen molar-refractivity contribution in [3.8, 4) is 5.75 Å². The summed E-state index contributed by atoms with van der Waals surface area (Å²) in [4.78, 5) is 15.3. The van der Waals surface area contributed by atoms with Crippen LogP contribution >= 0.6 is 0 Å². The van der Waals surface area contributed by atoms with Gasteiger partial charge in [0.1, 0.15) is 11.4 Å². The number of nitrogens with two attached hydrogens (primary N) is 1. The van der Waals surface area contributed by atoms with Crippen LogP contribution in [-0.4, -0.2) is 24.5 Å². The molecule has 0 bridgehead atoms. The predicted octanol–water partition coefficient (Wildman–Crippen LogP) is 2.73. The lowest BCUT2D eigenvalue weighted by molar-refractivity contribution is 0.0950. The molecule has 0 aliphatic rings. The summed E-state index contributed by atoms with van der Waals surface area (Å²) in [5, 5.41) is 3.85. The number of anilines is 1. The highest BCUT2D eigenvalue weighted by atomic mass is 16.5. The maximum absolute atomic E-state index is 12.2. The fourth-order valence-corrected chi connectivity index (χ4v) is 2.48. The van der Waals surface area contributed by atoms with Gasteiger partial charge in [0, 0.05) is 23.1 Å². The molecule has 0 fully saturated rings. The lowest BCUT2D eigenvalue weighted by Crippen LogP contribution is -2.25. The molecule has 5 nitrogen and oxygen atoms in total. The Morgan fingerprint density at radius 1 is 1.17 bits per heavy atom. The van der Waals surface area contributed by atoms with E-state index in [2.05, 4.69) is 10.3 Å². The normalized spacial score (nSPS) is 10.7. The number of aromatic amines is 1. The number of carbonyl (C=O) groups is 1. The molecule has 0 aliphatic heterocycles. The first-order chi connectivity index (χ1) is 11.2. The predicted molar refractivity (Wildman–Crippen MR) is 91.7 cm³/mol. The number of hydrogen-bond donors (Lipinski definition) is 3. The maximum Gasteiger partial charge on any atom is 0.267 e. The highest BCUT2D eigenvalue weighted by Crippen LogP contribution is 2.18. The summed E-state index contributed by atoms with van der Waals surface area (Å²) in [5.41, 5.74) is 9.03. The molecule has 118 valence electrons. The molecule has 0 unspecified atom stereocenters. The molecular weight excluding hydrogens is 290 g/mol. The van der Waals surface area contributed by atoms with E-state index in [0.29, 0.717) is 17.9 Å². The van der Waals surface area contributed by atoms with Crippen molar-refractivity contribution >= 4 is 22.5 Å². The van der Waals surface area contributed by atoms with Crippen LogP contribution < -0.4 is 15.8 Å². The molecule has 0 saturated carbocycles. The van der Waals surface area contributed by atoms with Gasteiger partial charge in [-0.1, -0.05) is 12.1 Å². The average Bonchev–Trinajstić information content (AvgIpc) is 2.98. The lowest BCUT2D eigenvalue weighted by atomic mass is 10.1. The van der Waals surface area contributed by atoms with Gasteiger partial charge < -0.3 is 20.8 Å². The van der Waals surface area contributed by atoms with Gasteiger partial charge in [0.2, 0.25) is 0 Å². The largest absolute Gasteiger partial charge is 0.497 e. The van der Waals surface area contributed by atoms with Crippen LogP contribution in [0.4, 0.5) is 5.69 Å². The Balaban J connectivity index is 1.59. The van der Waals surface area contributed by atoms with Crippen molar-refractivity contribution < 1.29 is 9.53 Å². The van der Waals surface area contributed by atoms with E-state index in [4.69, 9.17) is 10.5 Å². The number of fused-ring (bicyclic) bond motifs is 1. The zero-order valence-electron chi connectivity index (χ0n) is 12.9. The van der Waals surface area contributed by atoms with E-state index in [1.807, 2.05) is 48.5 Å². The minimum Gasteiger partial charge on any atom is -0.497 e. The maximum atomic E-state index is 12.2. The van der Waals surface area contributed by atoms with Crippen LogP contribution in [0.15, 0.2) is 48.5 Å². The number of aromatic nitrogens is 1. The van der Waals surface area contributed by atoms with Gasteiger partial charge in [-0.25, -0.2) is 0 Å². The molecule has 1 aromatic heterocycles. The summed E-state index contributed by atoms with van der Waals surface area (Å²) in [6.07, 6.45) is 0.767. The molecule has 0 spiro atoms. The van der Waals surface area contributed by atoms with Crippen molar-refractivity contribution in [2.75, 3.05) is 19.4 Å². The molecule has 0 atom stereocenters. The standard InChI is InChI=1S/C18H19N3O2/c1-23-15-5-2-12(3-6-15)8-9-20-18(22)17-11-13-10-14(19)4-7-16(13)21-17/h2-7,10-11,21H,8-9,19H2,1H3,(H,20,22). The van der Waals surface area contributed by atoms with Crippen molar-refractivity contribution in [1.29, 1.82) is 0 Å². The second kappa shape index (κ2) is 6.44. The van der Waals surface area contributed by atoms with Gasteiger partial charge in [-0.3, -0.25) is 4.79 Å². The minimum absolute atomic E-state index is 0.117. The Hall–Kier alpha value is -2.95. The number of carbonyl (C=O) groups excluding carboxylic acids is 1. The number of hydrogen-bond acceptors (Lipinski definition) is 3. The van der Waals surface area contributed by atoms with Gasteiger partial charge in [-0.05, 0) is 48.4 Å². The average molecular weight is 309 g/mol. The molecule has 1 heterocycles. The van der Waals surface area contributed by atoms with Crippen molar-refractivity contribution in [2.24, 2.45) is 0 Å². The van der Waals surface area contributed by atoms with E-state index in [1.165, 1.54) is 0 Å². The van der Waals surface area contributed by atoms with Crippen molar-refractivity contribution in [1.82, 2.24) is 10.3 Å². The number of nitrogen functional groups attached to an aromatic ring is 1. The van der Waals surface area contributed by atoms with Gasteiger partial charge in [0.05, 0.1) is 7.11 Å². The molecule has 2 aromatic carbocycles. The number of benzene rings is 2. The fourth-order valence-electron chi connectivity index (χ4n) is 2.48. The Morgan fingerprint density at radius 2 is 1.96 bits per heavy atom. The second-order valence-electron chi connectivity index (χ2n) is 5.38. The monoisotopic (exact) mass is 309 g/mol. The van der Waals surface area contributed by atoms with Crippen LogP contribution in [-0.2, 0) is 6.42 Å². The summed E-state index contributed by atoms with van der Waals surface area (Å²) in [7, 11) is 1.64. The summed E-state index contributed by atoms with van der Waals surface area (Å²) in [5.74, 6) is 0.711. The third kappa shape index (κ3) is 3.45. The molecule has 0 aliphatic carbocycles. The first kappa shape index (κ1) is 15.0. The Kier molecular flexibility index (Phi) is 4.19. The van der Waals surface area contributed by atoms with Gasteiger partial charge >= 0.3 is 0 Å². The third-order valence-corrected chi connectivity index (χ3v) is 3.75. The Bertz CT molecular complexity index is 822. The summed E-state index contributed by atoms with van der Waals surface area (Å²) >= 11 is 0. The zero-order valence-corrected chi connectivity index (χ0v) is 12.9. The fraction of sp³-hybridized carbons (Fsp3) is 0.167. The molecule has 5 heteroatoms. The lowest BCUT2D eigenvalue weighted by Gasteiger charge is -2.05. The highest BCUT2D eigenvalue weighted by molar-refractivity contribution is 5.98. The van der Waals surface area contributed by atoms with Crippen LogP contribution in [0.2, 0.25) is 0 Å². The molecule has 1 amide bonds. The van der Waals surface area contributed by atoms with E-state index in [0.717, 1.165) is 28.6 Å². The molecule has 0 saturated heterocycles. The zero-order chi connectivity index (χ0) is 16.2. The van der Waals surface area contributed by atoms with Crippen LogP contribution in [0.5, 0.6) is 5.75 Å². The van der Waals surface area contributed by atoms with E-state index in [9.17, 15) is 4.79 Å². The van der Waals surface area contributed by atoms with E-state index < -0.39 is 0 Å². The molecule has 0 radical (unpaired) electrons. The molecular formula is C18H19N3O2. The number of amides is 1. The number of ether oxygens (including phenoxy) is 1. The summed E-state index contributed by atoms with van der Waals surface area (Å²) < 4.78 is 5.12. The Labute approximate surface area is 134 Å².